The first kappa shape index (κ1) is 15.3. The van der Waals surface area contributed by atoms with Crippen molar-refractivity contribution in [1.82, 2.24) is 15.2 Å². The van der Waals surface area contributed by atoms with Gasteiger partial charge in [0.05, 0.1) is 19.6 Å². The quantitative estimate of drug-likeness (QED) is 0.903. The number of rotatable bonds is 4. The second kappa shape index (κ2) is 6.68. The highest BCUT2D eigenvalue weighted by Crippen LogP contribution is 2.30. The first-order valence-corrected chi connectivity index (χ1v) is 7.72. The number of H-pyrrole nitrogens is 1. The molecular formula is C16H20N4O3. The molecule has 1 amide bonds. The average Bonchev–Trinajstić information content (AvgIpc) is 2.85. The molecular weight excluding hydrogens is 296 g/mol. The maximum Gasteiger partial charge on any atom is 0.248 e. The van der Waals surface area contributed by atoms with Gasteiger partial charge in [0.1, 0.15) is 5.82 Å². The monoisotopic (exact) mass is 316 g/mol. The molecule has 1 aromatic carbocycles. The van der Waals surface area contributed by atoms with Crippen molar-refractivity contribution < 1.29 is 14.3 Å². The van der Waals surface area contributed by atoms with E-state index in [4.69, 9.17) is 9.47 Å². The van der Waals surface area contributed by atoms with E-state index in [1.165, 1.54) is 0 Å². The van der Waals surface area contributed by atoms with Crippen LogP contribution in [0.1, 0.15) is 37.6 Å². The van der Waals surface area contributed by atoms with E-state index in [9.17, 15) is 4.79 Å². The zero-order valence-corrected chi connectivity index (χ0v) is 13.3. The molecule has 2 heterocycles. The third kappa shape index (κ3) is 3.80. The molecule has 0 aliphatic carbocycles. The molecule has 122 valence electrons. The van der Waals surface area contributed by atoms with Gasteiger partial charge in [-0.3, -0.25) is 15.2 Å². The summed E-state index contributed by atoms with van der Waals surface area (Å²) in [6.45, 7) is 5.28. The second-order valence-corrected chi connectivity index (χ2v) is 5.76. The van der Waals surface area contributed by atoms with Crippen LogP contribution in [0.15, 0.2) is 18.2 Å². The zero-order chi connectivity index (χ0) is 16.2. The number of nitrogens with one attached hydrogen (secondary N) is 2. The van der Waals surface area contributed by atoms with Gasteiger partial charge in [-0.25, -0.2) is 0 Å². The van der Waals surface area contributed by atoms with Gasteiger partial charge < -0.3 is 9.47 Å². The lowest BCUT2D eigenvalue weighted by Crippen LogP contribution is -2.15. The summed E-state index contributed by atoms with van der Waals surface area (Å²) in [6, 6.07) is 5.55. The van der Waals surface area contributed by atoms with Crippen LogP contribution in [0, 0.1) is 0 Å². The predicted octanol–water partition coefficient (Wildman–Crippen LogP) is 2.27. The molecule has 0 saturated heterocycles. The van der Waals surface area contributed by atoms with Crippen molar-refractivity contribution in [3.8, 4) is 11.5 Å². The Morgan fingerprint density at radius 2 is 2.09 bits per heavy atom. The minimum absolute atomic E-state index is 0.172. The first-order chi connectivity index (χ1) is 11.1. The number of aromatic nitrogens is 3. The number of ether oxygens (including phenoxy) is 2. The summed E-state index contributed by atoms with van der Waals surface area (Å²) >= 11 is 0. The number of aromatic amines is 1. The molecule has 0 saturated carbocycles. The van der Waals surface area contributed by atoms with Crippen molar-refractivity contribution in [3.05, 3.63) is 29.6 Å². The van der Waals surface area contributed by atoms with E-state index in [-0.39, 0.29) is 18.2 Å². The molecule has 23 heavy (non-hydrogen) atoms. The summed E-state index contributed by atoms with van der Waals surface area (Å²) in [7, 11) is 0. The van der Waals surface area contributed by atoms with E-state index in [1.807, 2.05) is 32.0 Å². The first-order valence-electron chi connectivity index (χ1n) is 7.72. The number of amides is 1. The number of hydrogen-bond acceptors (Lipinski definition) is 5. The maximum atomic E-state index is 12.1. The Labute approximate surface area is 134 Å². The molecule has 0 atom stereocenters. The number of benzene rings is 1. The summed E-state index contributed by atoms with van der Waals surface area (Å²) in [4.78, 5) is 16.4. The Balaban J connectivity index is 1.64. The van der Waals surface area contributed by atoms with Crippen LogP contribution in [0.3, 0.4) is 0 Å². The number of hydrogen-bond donors (Lipinski definition) is 2. The Bertz CT molecular complexity index is 696. The molecule has 2 aromatic rings. The summed E-state index contributed by atoms with van der Waals surface area (Å²) in [6.07, 6.45) is 1.08. The summed E-state index contributed by atoms with van der Waals surface area (Å²) in [5, 5.41) is 9.49. The van der Waals surface area contributed by atoms with Gasteiger partial charge in [0, 0.05) is 12.3 Å². The van der Waals surface area contributed by atoms with Gasteiger partial charge in [-0.1, -0.05) is 19.9 Å². The van der Waals surface area contributed by atoms with Gasteiger partial charge in [0.15, 0.2) is 11.5 Å². The highest BCUT2D eigenvalue weighted by molar-refractivity contribution is 5.90. The Kier molecular flexibility index (Phi) is 4.45. The van der Waals surface area contributed by atoms with E-state index in [0.29, 0.717) is 24.9 Å². The number of carbonyl (C=O) groups excluding carboxylic acids is 1. The minimum atomic E-state index is -0.172. The van der Waals surface area contributed by atoms with Crippen molar-refractivity contribution in [2.24, 2.45) is 0 Å². The highest BCUT2D eigenvalue weighted by Gasteiger charge is 2.14. The Morgan fingerprint density at radius 3 is 2.83 bits per heavy atom. The lowest BCUT2D eigenvalue weighted by molar-refractivity contribution is -0.115. The molecule has 1 aliphatic rings. The Hall–Kier alpha value is -2.57. The van der Waals surface area contributed by atoms with E-state index < -0.39 is 0 Å². The lowest BCUT2D eigenvalue weighted by atomic mass is 10.1. The molecule has 0 fully saturated rings. The van der Waals surface area contributed by atoms with Crippen LogP contribution in [0.4, 0.5) is 5.95 Å². The maximum absolute atomic E-state index is 12.1. The molecule has 0 unspecified atom stereocenters. The summed E-state index contributed by atoms with van der Waals surface area (Å²) in [5.41, 5.74) is 0.853. The second-order valence-electron chi connectivity index (χ2n) is 5.76. The summed E-state index contributed by atoms with van der Waals surface area (Å²) in [5.74, 6) is 2.52. The highest BCUT2D eigenvalue weighted by atomic mass is 16.5. The predicted molar refractivity (Wildman–Crippen MR) is 84.9 cm³/mol. The van der Waals surface area contributed by atoms with Crippen LogP contribution in [0.25, 0.3) is 0 Å². The number of carbonyl (C=O) groups is 1. The number of fused-ring (bicyclic) bond motifs is 1. The van der Waals surface area contributed by atoms with E-state index in [1.54, 1.807) is 0 Å². The van der Waals surface area contributed by atoms with Crippen molar-refractivity contribution in [2.75, 3.05) is 18.5 Å². The average molecular weight is 316 g/mol. The van der Waals surface area contributed by atoms with Gasteiger partial charge >= 0.3 is 0 Å². The fourth-order valence-corrected chi connectivity index (χ4v) is 2.26. The minimum Gasteiger partial charge on any atom is -0.490 e. The van der Waals surface area contributed by atoms with Crippen molar-refractivity contribution in [3.63, 3.8) is 0 Å². The normalized spacial score (nSPS) is 13.7. The van der Waals surface area contributed by atoms with Crippen LogP contribution in [0.5, 0.6) is 11.5 Å². The third-order valence-electron chi connectivity index (χ3n) is 3.48. The molecule has 0 bridgehead atoms. The fraction of sp³-hybridized carbons (Fsp3) is 0.438. The van der Waals surface area contributed by atoms with Gasteiger partial charge in [0.25, 0.3) is 0 Å². The Morgan fingerprint density at radius 1 is 1.30 bits per heavy atom. The third-order valence-corrected chi connectivity index (χ3v) is 3.48. The number of anilines is 1. The van der Waals surface area contributed by atoms with Gasteiger partial charge in [-0.05, 0) is 17.7 Å². The molecule has 2 N–H and O–H groups in total. The molecule has 0 radical (unpaired) electrons. The lowest BCUT2D eigenvalue weighted by Gasteiger charge is -2.09. The zero-order valence-electron chi connectivity index (χ0n) is 13.3. The van der Waals surface area contributed by atoms with Crippen molar-refractivity contribution in [1.29, 1.82) is 0 Å². The molecule has 3 rings (SSSR count). The van der Waals surface area contributed by atoms with E-state index >= 15 is 0 Å². The van der Waals surface area contributed by atoms with Gasteiger partial charge in [0.2, 0.25) is 11.9 Å². The largest absolute Gasteiger partial charge is 0.490 e. The molecule has 1 aromatic heterocycles. The topological polar surface area (TPSA) is 89.1 Å². The summed E-state index contributed by atoms with van der Waals surface area (Å²) < 4.78 is 11.2. The van der Waals surface area contributed by atoms with E-state index in [2.05, 4.69) is 20.5 Å². The molecule has 1 aliphatic heterocycles. The van der Waals surface area contributed by atoms with E-state index in [0.717, 1.165) is 23.6 Å². The molecule has 7 heteroatoms. The van der Waals surface area contributed by atoms with Gasteiger partial charge in [-0.15, -0.1) is 5.10 Å². The number of nitrogens with zero attached hydrogens (tertiary/aromatic N) is 2. The van der Waals surface area contributed by atoms with Crippen molar-refractivity contribution in [2.45, 2.75) is 32.6 Å². The van der Waals surface area contributed by atoms with Gasteiger partial charge in [-0.2, -0.15) is 4.98 Å². The molecule has 0 spiro atoms. The molecule has 7 nitrogen and oxygen atoms in total. The van der Waals surface area contributed by atoms with Crippen LogP contribution < -0.4 is 14.8 Å². The van der Waals surface area contributed by atoms with Crippen LogP contribution in [-0.2, 0) is 11.2 Å². The fourth-order valence-electron chi connectivity index (χ4n) is 2.26. The van der Waals surface area contributed by atoms with Crippen LogP contribution in [0.2, 0.25) is 0 Å². The van der Waals surface area contributed by atoms with Crippen LogP contribution >= 0.6 is 0 Å². The standard InChI is InChI=1S/C16H20N4O3/c1-10(2)15-18-16(20-19-15)17-14(21)9-11-4-5-12-13(8-11)23-7-3-6-22-12/h4-5,8,10H,3,6-7,9H2,1-2H3,(H2,17,18,19,20,21). The van der Waals surface area contributed by atoms with Crippen molar-refractivity contribution >= 4 is 11.9 Å². The van der Waals surface area contributed by atoms with Crippen LogP contribution in [-0.4, -0.2) is 34.3 Å². The SMILES string of the molecule is CC(C)c1nc(NC(=O)Cc2ccc3c(c2)OCCCO3)n[nH]1. The smallest absolute Gasteiger partial charge is 0.248 e.